The molecule has 0 radical (unpaired) electrons. The van der Waals surface area contributed by atoms with E-state index >= 15 is 0 Å². The fourth-order valence-corrected chi connectivity index (χ4v) is 3.77. The van der Waals surface area contributed by atoms with Crippen LogP contribution in [-0.2, 0) is 0 Å². The van der Waals surface area contributed by atoms with Crippen molar-refractivity contribution in [2.45, 2.75) is 6.10 Å². The first-order chi connectivity index (χ1) is 17.1. The number of benzene rings is 2. The largest absolute Gasteiger partial charge is 0.491 e. The van der Waals surface area contributed by atoms with Crippen molar-refractivity contribution in [1.29, 1.82) is 0 Å². The SMILES string of the molecule is O=C(N/N=C/c1cccnc1)c1ccc(OC[C@@H](O)CN2CCN(c3ccc(F)cc3)CC2)cc1. The van der Waals surface area contributed by atoms with E-state index in [1.807, 2.05) is 6.07 Å². The summed E-state index contributed by atoms with van der Waals surface area (Å²) in [7, 11) is 0. The molecular weight excluding hydrogens is 449 g/mol. The number of amides is 1. The molecule has 8 nitrogen and oxygen atoms in total. The second kappa shape index (κ2) is 12.0. The summed E-state index contributed by atoms with van der Waals surface area (Å²) in [6, 6.07) is 16.8. The number of ether oxygens (including phenoxy) is 1. The Bertz CT molecular complexity index is 1100. The molecule has 1 saturated heterocycles. The maximum atomic E-state index is 13.1. The number of nitrogens with one attached hydrogen (secondary N) is 1. The Balaban J connectivity index is 1.17. The van der Waals surface area contributed by atoms with Gasteiger partial charge in [-0.25, -0.2) is 9.82 Å². The molecule has 182 valence electrons. The summed E-state index contributed by atoms with van der Waals surface area (Å²) in [5, 5.41) is 14.3. The lowest BCUT2D eigenvalue weighted by Crippen LogP contribution is -2.49. The minimum atomic E-state index is -0.642. The number of carbonyl (C=O) groups excluding carboxylic acids is 1. The summed E-state index contributed by atoms with van der Waals surface area (Å²) in [5.41, 5.74) is 4.71. The highest BCUT2D eigenvalue weighted by molar-refractivity contribution is 5.94. The van der Waals surface area contributed by atoms with Gasteiger partial charge in [-0.3, -0.25) is 14.7 Å². The lowest BCUT2D eigenvalue weighted by Gasteiger charge is -2.36. The number of hydrogen-bond donors (Lipinski definition) is 2. The van der Waals surface area contributed by atoms with Crippen LogP contribution >= 0.6 is 0 Å². The van der Waals surface area contributed by atoms with Crippen LogP contribution in [0.2, 0.25) is 0 Å². The summed E-state index contributed by atoms with van der Waals surface area (Å²) in [5.74, 6) is -0.00327. The maximum absolute atomic E-state index is 13.1. The first-order valence-corrected chi connectivity index (χ1v) is 11.4. The Morgan fingerprint density at radius 2 is 1.86 bits per heavy atom. The van der Waals surface area contributed by atoms with Crippen LogP contribution in [-0.4, -0.2) is 72.5 Å². The average molecular weight is 478 g/mol. The highest BCUT2D eigenvalue weighted by Gasteiger charge is 2.20. The van der Waals surface area contributed by atoms with Crippen molar-refractivity contribution >= 4 is 17.8 Å². The topological polar surface area (TPSA) is 90.3 Å². The van der Waals surface area contributed by atoms with E-state index in [-0.39, 0.29) is 18.3 Å². The van der Waals surface area contributed by atoms with Crippen LogP contribution in [0.25, 0.3) is 0 Å². The van der Waals surface area contributed by atoms with Crippen LogP contribution in [0.15, 0.2) is 78.2 Å². The molecular formula is C26H28FN5O3. The van der Waals surface area contributed by atoms with Gasteiger partial charge in [-0.05, 0) is 54.6 Å². The third kappa shape index (κ3) is 7.33. The Labute approximate surface area is 203 Å². The first kappa shape index (κ1) is 24.3. The average Bonchev–Trinajstić information content (AvgIpc) is 2.89. The minimum Gasteiger partial charge on any atom is -0.491 e. The first-order valence-electron chi connectivity index (χ1n) is 11.4. The van der Waals surface area contributed by atoms with E-state index in [0.29, 0.717) is 17.9 Å². The van der Waals surface area contributed by atoms with Gasteiger partial charge in [-0.1, -0.05) is 6.07 Å². The molecule has 35 heavy (non-hydrogen) atoms. The summed E-state index contributed by atoms with van der Waals surface area (Å²) >= 11 is 0. The van der Waals surface area contributed by atoms with Gasteiger partial charge in [0.1, 0.15) is 24.3 Å². The van der Waals surface area contributed by atoms with Crippen molar-refractivity contribution in [3.8, 4) is 5.75 Å². The number of pyridine rings is 1. The molecule has 4 rings (SSSR count). The molecule has 1 atom stereocenters. The summed E-state index contributed by atoms with van der Waals surface area (Å²) in [4.78, 5) is 20.6. The number of β-amino-alcohol motifs (C(OH)–C–C–N with tert-alkyl or cyclic N) is 1. The quantitative estimate of drug-likeness (QED) is 0.364. The molecule has 0 spiro atoms. The third-order valence-electron chi connectivity index (χ3n) is 5.66. The van der Waals surface area contributed by atoms with Gasteiger partial charge in [0.15, 0.2) is 0 Å². The second-order valence-electron chi connectivity index (χ2n) is 8.24. The lowest BCUT2D eigenvalue weighted by atomic mass is 10.2. The van der Waals surface area contributed by atoms with Gasteiger partial charge in [0.05, 0.1) is 6.21 Å². The van der Waals surface area contributed by atoms with Crippen LogP contribution in [0.1, 0.15) is 15.9 Å². The van der Waals surface area contributed by atoms with Crippen molar-refractivity contribution in [3.05, 3.63) is 90.0 Å². The van der Waals surface area contributed by atoms with Gasteiger partial charge in [0.25, 0.3) is 5.91 Å². The van der Waals surface area contributed by atoms with Gasteiger partial charge in [0, 0.05) is 61.9 Å². The molecule has 0 saturated carbocycles. The Hall–Kier alpha value is -3.82. The molecule has 1 aliphatic rings. The normalized spacial score (nSPS) is 15.2. The molecule has 0 unspecified atom stereocenters. The van der Waals surface area contributed by atoms with E-state index < -0.39 is 6.10 Å². The van der Waals surface area contributed by atoms with E-state index in [0.717, 1.165) is 37.4 Å². The molecule has 2 N–H and O–H groups in total. The summed E-state index contributed by atoms with van der Waals surface area (Å²) < 4.78 is 18.8. The minimum absolute atomic E-state index is 0.152. The van der Waals surface area contributed by atoms with E-state index in [1.54, 1.807) is 54.9 Å². The molecule has 0 aliphatic carbocycles. The van der Waals surface area contributed by atoms with Gasteiger partial charge in [0.2, 0.25) is 0 Å². The van der Waals surface area contributed by atoms with Crippen LogP contribution in [0.3, 0.4) is 0 Å². The number of aliphatic hydroxyl groups is 1. The van der Waals surface area contributed by atoms with Crippen molar-refractivity contribution < 1.29 is 19.0 Å². The zero-order valence-electron chi connectivity index (χ0n) is 19.3. The number of halogens is 1. The van der Waals surface area contributed by atoms with Gasteiger partial charge in [-0.15, -0.1) is 0 Å². The van der Waals surface area contributed by atoms with E-state index in [2.05, 4.69) is 25.3 Å². The van der Waals surface area contributed by atoms with Crippen LogP contribution in [0.5, 0.6) is 5.75 Å². The molecule has 2 aromatic carbocycles. The second-order valence-corrected chi connectivity index (χ2v) is 8.24. The summed E-state index contributed by atoms with van der Waals surface area (Å²) in [6.07, 6.45) is 4.19. The van der Waals surface area contributed by atoms with Crippen molar-refractivity contribution in [1.82, 2.24) is 15.3 Å². The molecule has 0 bridgehead atoms. The lowest BCUT2D eigenvalue weighted by molar-refractivity contribution is 0.0663. The third-order valence-corrected chi connectivity index (χ3v) is 5.66. The Morgan fingerprint density at radius 3 is 2.54 bits per heavy atom. The van der Waals surface area contributed by atoms with Crippen molar-refractivity contribution in [2.24, 2.45) is 5.10 Å². The number of anilines is 1. The number of aliphatic hydroxyl groups excluding tert-OH is 1. The molecule has 1 aliphatic heterocycles. The molecule has 1 amide bonds. The Morgan fingerprint density at radius 1 is 1.11 bits per heavy atom. The van der Waals surface area contributed by atoms with Crippen molar-refractivity contribution in [3.63, 3.8) is 0 Å². The van der Waals surface area contributed by atoms with E-state index in [9.17, 15) is 14.3 Å². The molecule has 3 aromatic rings. The van der Waals surface area contributed by atoms with Crippen LogP contribution < -0.4 is 15.1 Å². The predicted molar refractivity (Wildman–Crippen MR) is 132 cm³/mol. The molecule has 9 heteroatoms. The van der Waals surface area contributed by atoms with Gasteiger partial charge in [-0.2, -0.15) is 5.10 Å². The number of carbonyl (C=O) groups is 1. The molecule has 1 fully saturated rings. The number of nitrogens with zero attached hydrogens (tertiary/aromatic N) is 4. The highest BCUT2D eigenvalue weighted by Crippen LogP contribution is 2.17. The summed E-state index contributed by atoms with van der Waals surface area (Å²) in [6.45, 7) is 3.90. The van der Waals surface area contributed by atoms with Crippen LogP contribution in [0.4, 0.5) is 10.1 Å². The molecule has 1 aromatic heterocycles. The predicted octanol–water partition coefficient (Wildman–Crippen LogP) is 2.55. The fraction of sp³-hybridized carbons (Fsp3) is 0.269. The number of hydrazone groups is 1. The number of rotatable bonds is 9. The Kier molecular flexibility index (Phi) is 8.37. The number of aromatic nitrogens is 1. The van der Waals surface area contributed by atoms with Crippen LogP contribution in [0, 0.1) is 5.82 Å². The van der Waals surface area contributed by atoms with Gasteiger partial charge >= 0.3 is 0 Å². The number of hydrogen-bond acceptors (Lipinski definition) is 7. The molecule has 2 heterocycles. The maximum Gasteiger partial charge on any atom is 0.271 e. The van der Waals surface area contributed by atoms with Gasteiger partial charge < -0.3 is 14.7 Å². The monoisotopic (exact) mass is 477 g/mol. The smallest absolute Gasteiger partial charge is 0.271 e. The van der Waals surface area contributed by atoms with E-state index in [4.69, 9.17) is 4.74 Å². The zero-order chi connectivity index (χ0) is 24.5. The van der Waals surface area contributed by atoms with Crippen molar-refractivity contribution in [2.75, 3.05) is 44.2 Å². The standard InChI is InChI=1S/C26H28FN5O3/c27-22-5-7-23(8-6-22)32-14-12-31(13-15-32)18-24(33)19-35-25-9-3-21(4-10-25)26(34)30-29-17-20-2-1-11-28-16-20/h1-11,16-17,24,33H,12-15,18-19H2,(H,30,34)/b29-17+/t24-/m0/s1. The number of piperazine rings is 1. The highest BCUT2D eigenvalue weighted by atomic mass is 19.1. The van der Waals surface area contributed by atoms with E-state index in [1.165, 1.54) is 18.3 Å². The fourth-order valence-electron chi connectivity index (χ4n) is 3.77. The zero-order valence-corrected chi connectivity index (χ0v) is 19.3.